The molecule has 1 heterocycles. The third-order valence-electron chi connectivity index (χ3n) is 2.00. The van der Waals surface area contributed by atoms with Crippen molar-refractivity contribution in [3.05, 3.63) is 42.5 Å². The van der Waals surface area contributed by atoms with Gasteiger partial charge in [0.1, 0.15) is 11.5 Å². The van der Waals surface area contributed by atoms with E-state index in [1.165, 1.54) is 23.1 Å². The number of halogens is 1. The first-order valence-electron chi connectivity index (χ1n) is 4.34. The molecule has 0 fully saturated rings. The molecular weight excluding hydrogens is 198 g/mol. The summed E-state index contributed by atoms with van der Waals surface area (Å²) in [6.07, 6.45) is 2.64. The van der Waals surface area contributed by atoms with E-state index in [4.69, 9.17) is 10.0 Å². The van der Waals surface area contributed by atoms with Gasteiger partial charge in [-0.3, -0.25) is 0 Å². The predicted molar refractivity (Wildman–Crippen MR) is 53.3 cm³/mol. The van der Waals surface area contributed by atoms with Gasteiger partial charge >= 0.3 is 7.12 Å². The first kappa shape index (κ1) is 9.88. The third kappa shape index (κ3) is 1.90. The van der Waals surface area contributed by atoms with Crippen LogP contribution in [0.3, 0.4) is 0 Å². The van der Waals surface area contributed by atoms with Gasteiger partial charge in [0.2, 0.25) is 0 Å². The van der Waals surface area contributed by atoms with E-state index in [9.17, 15) is 4.39 Å². The van der Waals surface area contributed by atoms with Crippen LogP contribution in [0.5, 0.6) is 0 Å². The standard InChI is InChI=1S/C9H8BFN2O2/c11-8-3-1-2-4-9(8)13-6-7(5-12-13)10(14)15/h1-6,14-15H. The van der Waals surface area contributed by atoms with Gasteiger partial charge in [0.05, 0.1) is 0 Å². The second kappa shape index (κ2) is 3.84. The highest BCUT2D eigenvalue weighted by atomic mass is 19.1. The van der Waals surface area contributed by atoms with Gasteiger partial charge in [0, 0.05) is 17.9 Å². The monoisotopic (exact) mass is 206 g/mol. The maximum absolute atomic E-state index is 13.3. The Morgan fingerprint density at radius 2 is 2.00 bits per heavy atom. The van der Waals surface area contributed by atoms with E-state index in [2.05, 4.69) is 5.10 Å². The molecule has 76 valence electrons. The molecule has 0 unspecified atom stereocenters. The minimum atomic E-state index is -1.59. The second-order valence-electron chi connectivity index (χ2n) is 3.04. The molecule has 2 aromatic rings. The fourth-order valence-electron chi connectivity index (χ4n) is 1.24. The maximum atomic E-state index is 13.3. The van der Waals surface area contributed by atoms with Gasteiger partial charge in [0.25, 0.3) is 0 Å². The molecule has 0 aliphatic rings. The summed E-state index contributed by atoms with van der Waals surface area (Å²) in [6, 6.07) is 6.11. The largest absolute Gasteiger partial charge is 0.491 e. The van der Waals surface area contributed by atoms with Crippen LogP contribution >= 0.6 is 0 Å². The van der Waals surface area contributed by atoms with E-state index in [0.29, 0.717) is 0 Å². The quantitative estimate of drug-likeness (QED) is 0.662. The van der Waals surface area contributed by atoms with Crippen LogP contribution in [0.15, 0.2) is 36.7 Å². The van der Waals surface area contributed by atoms with E-state index in [1.54, 1.807) is 18.2 Å². The molecule has 0 aliphatic carbocycles. The van der Waals surface area contributed by atoms with E-state index in [0.717, 1.165) is 0 Å². The smallest absolute Gasteiger partial charge is 0.423 e. The summed E-state index contributed by atoms with van der Waals surface area (Å²) < 4.78 is 14.6. The molecule has 0 spiro atoms. The summed E-state index contributed by atoms with van der Waals surface area (Å²) >= 11 is 0. The number of aromatic nitrogens is 2. The number of para-hydroxylation sites is 1. The van der Waals surface area contributed by atoms with Crippen molar-refractivity contribution < 1.29 is 14.4 Å². The number of hydrogen-bond donors (Lipinski definition) is 2. The Bertz CT molecular complexity index is 473. The van der Waals surface area contributed by atoms with Crippen molar-refractivity contribution in [1.29, 1.82) is 0 Å². The van der Waals surface area contributed by atoms with Crippen molar-refractivity contribution in [2.45, 2.75) is 0 Å². The lowest BCUT2D eigenvalue weighted by atomic mass is 9.83. The highest BCUT2D eigenvalue weighted by Gasteiger charge is 2.14. The zero-order chi connectivity index (χ0) is 10.8. The molecule has 2 N–H and O–H groups in total. The minimum absolute atomic E-state index is 0.221. The molecule has 1 aromatic heterocycles. The van der Waals surface area contributed by atoms with Crippen molar-refractivity contribution in [2.75, 3.05) is 0 Å². The highest BCUT2D eigenvalue weighted by Crippen LogP contribution is 2.10. The van der Waals surface area contributed by atoms with Crippen molar-refractivity contribution in [3.8, 4) is 5.69 Å². The molecule has 2 rings (SSSR count). The van der Waals surface area contributed by atoms with Crippen LogP contribution in [-0.4, -0.2) is 26.9 Å². The zero-order valence-corrected chi connectivity index (χ0v) is 7.71. The average molecular weight is 206 g/mol. The lowest BCUT2D eigenvalue weighted by Gasteiger charge is -2.01. The molecule has 15 heavy (non-hydrogen) atoms. The predicted octanol–water partition coefficient (Wildman–Crippen LogP) is -0.309. The summed E-state index contributed by atoms with van der Waals surface area (Å²) in [5.41, 5.74) is 0.489. The van der Waals surface area contributed by atoms with Gasteiger partial charge in [-0.25, -0.2) is 9.07 Å². The van der Waals surface area contributed by atoms with Crippen LogP contribution in [0.1, 0.15) is 0 Å². The van der Waals surface area contributed by atoms with E-state index in [-0.39, 0.29) is 11.2 Å². The van der Waals surface area contributed by atoms with Crippen molar-refractivity contribution >= 4 is 12.6 Å². The van der Waals surface area contributed by atoms with Gasteiger partial charge in [-0.2, -0.15) is 5.10 Å². The summed E-state index contributed by atoms with van der Waals surface area (Å²) in [4.78, 5) is 0. The van der Waals surface area contributed by atoms with Crippen LogP contribution in [0, 0.1) is 5.82 Å². The second-order valence-corrected chi connectivity index (χ2v) is 3.04. The molecule has 1 aromatic carbocycles. The van der Waals surface area contributed by atoms with Crippen LogP contribution < -0.4 is 5.46 Å². The molecule has 0 saturated carbocycles. The topological polar surface area (TPSA) is 58.3 Å². The molecule has 0 radical (unpaired) electrons. The van der Waals surface area contributed by atoms with Crippen LogP contribution in [-0.2, 0) is 0 Å². The fourth-order valence-corrected chi connectivity index (χ4v) is 1.24. The Hall–Kier alpha value is -1.66. The van der Waals surface area contributed by atoms with Crippen LogP contribution in [0.2, 0.25) is 0 Å². The SMILES string of the molecule is OB(O)c1cnn(-c2ccccc2F)c1. The normalized spacial score (nSPS) is 10.3. The summed E-state index contributed by atoms with van der Waals surface area (Å²) in [5, 5.41) is 21.5. The fraction of sp³-hybridized carbons (Fsp3) is 0. The van der Waals surface area contributed by atoms with E-state index >= 15 is 0 Å². The van der Waals surface area contributed by atoms with E-state index < -0.39 is 12.9 Å². The number of hydrogen-bond acceptors (Lipinski definition) is 3. The van der Waals surface area contributed by atoms with Gasteiger partial charge in [-0.15, -0.1) is 0 Å². The van der Waals surface area contributed by atoms with E-state index in [1.807, 2.05) is 0 Å². The number of benzene rings is 1. The average Bonchev–Trinajstić information content (AvgIpc) is 2.67. The molecule has 4 nitrogen and oxygen atoms in total. The van der Waals surface area contributed by atoms with Gasteiger partial charge in [-0.1, -0.05) is 12.1 Å². The van der Waals surface area contributed by atoms with Crippen LogP contribution in [0.25, 0.3) is 5.69 Å². The Labute approximate surface area is 85.7 Å². The number of nitrogens with zero attached hydrogens (tertiary/aromatic N) is 2. The molecule has 6 heteroatoms. The Balaban J connectivity index is 2.42. The summed E-state index contributed by atoms with van der Waals surface area (Å²) in [6.45, 7) is 0. The number of rotatable bonds is 2. The molecule has 0 atom stereocenters. The highest BCUT2D eigenvalue weighted by molar-refractivity contribution is 6.58. The molecule has 0 aliphatic heterocycles. The lowest BCUT2D eigenvalue weighted by Crippen LogP contribution is -2.28. The molecular formula is C9H8BFN2O2. The Morgan fingerprint density at radius 3 is 2.60 bits per heavy atom. The van der Waals surface area contributed by atoms with Gasteiger partial charge in [0.15, 0.2) is 0 Å². The minimum Gasteiger partial charge on any atom is -0.423 e. The maximum Gasteiger partial charge on any atom is 0.491 e. The van der Waals surface area contributed by atoms with Gasteiger partial charge in [-0.05, 0) is 12.1 Å². The van der Waals surface area contributed by atoms with Crippen molar-refractivity contribution in [3.63, 3.8) is 0 Å². The van der Waals surface area contributed by atoms with Crippen molar-refractivity contribution in [2.24, 2.45) is 0 Å². The van der Waals surface area contributed by atoms with Crippen molar-refractivity contribution in [1.82, 2.24) is 9.78 Å². The third-order valence-corrected chi connectivity index (χ3v) is 2.00. The van der Waals surface area contributed by atoms with Crippen LogP contribution in [0.4, 0.5) is 4.39 Å². The first-order chi connectivity index (χ1) is 7.18. The van der Waals surface area contributed by atoms with Gasteiger partial charge < -0.3 is 10.0 Å². The Kier molecular flexibility index (Phi) is 2.53. The molecule has 0 bridgehead atoms. The summed E-state index contributed by atoms with van der Waals surface area (Å²) in [5.74, 6) is -0.417. The zero-order valence-electron chi connectivity index (χ0n) is 7.71. The summed E-state index contributed by atoms with van der Waals surface area (Å²) in [7, 11) is -1.59. The molecule has 0 saturated heterocycles. The Morgan fingerprint density at radius 1 is 1.27 bits per heavy atom. The molecule has 0 amide bonds. The first-order valence-corrected chi connectivity index (χ1v) is 4.34. The lowest BCUT2D eigenvalue weighted by molar-refractivity contribution is 0.426.